The average molecular weight is 596 g/mol. The molecule has 0 radical (unpaired) electrons. The Morgan fingerprint density at radius 3 is 2.59 bits per heavy atom. The number of carbonyl (C=O) groups excluding carboxylic acids is 2. The zero-order valence-electron chi connectivity index (χ0n) is 25.8. The van der Waals surface area contributed by atoms with Gasteiger partial charge in [-0.3, -0.25) is 9.59 Å². The number of hydrogen-bond donors (Lipinski definition) is 2. The topological polar surface area (TPSA) is 101 Å². The number of ether oxygens (including phenoxy) is 1. The Hall–Kier alpha value is -3.69. The zero-order chi connectivity index (χ0) is 30.1. The van der Waals surface area contributed by atoms with E-state index in [0.717, 1.165) is 63.1 Å². The lowest BCUT2D eigenvalue weighted by atomic mass is 9.88. The Labute approximate surface area is 257 Å². The minimum atomic E-state index is 0.0800. The smallest absolute Gasteiger partial charge is 0.260 e. The third kappa shape index (κ3) is 4.55. The Morgan fingerprint density at radius 2 is 1.89 bits per heavy atom. The molecule has 230 valence electrons. The predicted octanol–water partition coefficient (Wildman–Crippen LogP) is 4.01. The fourth-order valence-corrected chi connectivity index (χ4v) is 8.35. The number of nitrogens with one attached hydrogen (secondary N) is 1. The molecule has 3 aromatic heterocycles. The Kier molecular flexibility index (Phi) is 6.79. The highest BCUT2D eigenvalue weighted by molar-refractivity contribution is 5.95. The van der Waals surface area contributed by atoms with Gasteiger partial charge in [0.05, 0.1) is 16.8 Å². The van der Waals surface area contributed by atoms with Crippen molar-refractivity contribution >= 4 is 28.2 Å². The number of para-hydroxylation sites is 1. The molecule has 4 fully saturated rings. The van der Waals surface area contributed by atoms with Gasteiger partial charge in [-0.05, 0) is 80.9 Å². The Morgan fingerprint density at radius 1 is 1.07 bits per heavy atom. The minimum Gasteiger partial charge on any atom is -0.375 e. The summed E-state index contributed by atoms with van der Waals surface area (Å²) in [6.45, 7) is 5.63. The van der Waals surface area contributed by atoms with Gasteiger partial charge in [0.2, 0.25) is 17.6 Å². The van der Waals surface area contributed by atoms with Crippen LogP contribution in [0.25, 0.3) is 27.8 Å². The Balaban J connectivity index is 1.15. The number of piperidine rings is 2. The summed E-state index contributed by atoms with van der Waals surface area (Å²) >= 11 is 0. The molecule has 3 N–H and O–H groups in total. The molecule has 2 bridgehead atoms. The summed E-state index contributed by atoms with van der Waals surface area (Å²) in [5, 5.41) is 4.94. The van der Waals surface area contributed by atoms with Gasteiger partial charge in [0.25, 0.3) is 5.91 Å². The molecule has 2 saturated heterocycles. The summed E-state index contributed by atoms with van der Waals surface area (Å²) in [5.74, 6) is 1.71. The summed E-state index contributed by atoms with van der Waals surface area (Å²) in [6, 6.07) is 13.4. The van der Waals surface area contributed by atoms with Crippen molar-refractivity contribution in [3.8, 4) is 11.4 Å². The lowest BCUT2D eigenvalue weighted by molar-refractivity contribution is -0.576. The number of fused-ring (bicyclic) bond motifs is 4. The van der Waals surface area contributed by atoms with Crippen LogP contribution >= 0.6 is 0 Å². The molecule has 2 aliphatic heterocycles. The Bertz CT molecular complexity index is 1760. The molecular weight excluding hydrogens is 552 g/mol. The minimum absolute atomic E-state index is 0.0800. The van der Waals surface area contributed by atoms with E-state index in [1.54, 1.807) is 7.11 Å². The molecular formula is C35H43N6O3+. The standard InChI is InChI=1S/C35H42N6O3/c1-21-28-10-9-26(35(43)40-18-25-8-11-29(40)32(25)36)19-41(28)37-33(21)30-16-24-4-3-5-27(34(24)39(30)17-22-6-7-22)23-12-14-38(15-13-23)31(42)20-44-2/h3-5,9-10,16,19,22-23,25,29,32H,6-8,11-15,17-18,20,36H2,1-2H3/p+1/t25?,29?,32-/m1/s1. The molecule has 9 heteroatoms. The second-order valence-corrected chi connectivity index (χ2v) is 13.7. The fourth-order valence-electron chi connectivity index (χ4n) is 8.35. The molecule has 9 nitrogen and oxygen atoms in total. The van der Waals surface area contributed by atoms with Crippen LogP contribution in [0.5, 0.6) is 0 Å². The fraction of sp³-hybridized carbons (Fsp3) is 0.514. The van der Waals surface area contributed by atoms with Crippen LogP contribution in [-0.4, -0.2) is 76.7 Å². The van der Waals surface area contributed by atoms with Gasteiger partial charge in [0.1, 0.15) is 17.9 Å². The molecule has 5 heterocycles. The number of methoxy groups -OCH3 is 1. The lowest BCUT2D eigenvalue weighted by Gasteiger charge is -2.32. The van der Waals surface area contributed by atoms with Crippen molar-refractivity contribution in [2.75, 3.05) is 33.4 Å². The normalized spacial score (nSPS) is 23.8. The number of pyridine rings is 1. The van der Waals surface area contributed by atoms with Crippen LogP contribution in [-0.2, 0) is 16.1 Å². The van der Waals surface area contributed by atoms with E-state index in [9.17, 15) is 9.59 Å². The number of aromatic amines is 1. The number of nitrogens with two attached hydrogens (primary N) is 1. The lowest BCUT2D eigenvalue weighted by Crippen LogP contribution is -2.42. The second-order valence-electron chi connectivity index (χ2n) is 13.7. The molecule has 2 aliphatic carbocycles. The summed E-state index contributed by atoms with van der Waals surface area (Å²) in [5.41, 5.74) is 14.4. The third-order valence-corrected chi connectivity index (χ3v) is 11.0. The number of amides is 2. The highest BCUT2D eigenvalue weighted by Crippen LogP contribution is 2.41. The zero-order valence-corrected chi connectivity index (χ0v) is 25.8. The van der Waals surface area contributed by atoms with E-state index in [1.807, 2.05) is 26.6 Å². The number of aromatic nitrogens is 3. The number of benzene rings is 1. The first-order valence-electron chi connectivity index (χ1n) is 16.4. The maximum atomic E-state index is 13.6. The van der Waals surface area contributed by atoms with Gasteiger partial charge in [-0.25, -0.2) is 0 Å². The van der Waals surface area contributed by atoms with Crippen LogP contribution < -0.4 is 10.2 Å². The van der Waals surface area contributed by atoms with Crippen molar-refractivity contribution in [1.82, 2.24) is 19.5 Å². The summed E-state index contributed by atoms with van der Waals surface area (Å²) in [7, 11) is 1.58. The van der Waals surface area contributed by atoms with E-state index in [1.165, 1.54) is 40.6 Å². The van der Waals surface area contributed by atoms with E-state index in [0.29, 0.717) is 23.3 Å². The van der Waals surface area contributed by atoms with Crippen molar-refractivity contribution in [2.24, 2.45) is 17.6 Å². The van der Waals surface area contributed by atoms with E-state index < -0.39 is 0 Å². The van der Waals surface area contributed by atoms with Crippen molar-refractivity contribution in [1.29, 1.82) is 0 Å². The van der Waals surface area contributed by atoms with Gasteiger partial charge in [0.15, 0.2) is 0 Å². The summed E-state index contributed by atoms with van der Waals surface area (Å²) in [6.07, 6.45) is 8.57. The van der Waals surface area contributed by atoms with Gasteiger partial charge in [0, 0.05) is 56.8 Å². The molecule has 2 saturated carbocycles. The number of carbonyl (C=O) groups is 2. The van der Waals surface area contributed by atoms with Gasteiger partial charge >= 0.3 is 0 Å². The monoisotopic (exact) mass is 595 g/mol. The molecule has 4 aromatic rings. The predicted molar refractivity (Wildman–Crippen MR) is 168 cm³/mol. The van der Waals surface area contributed by atoms with Crippen LogP contribution in [0.1, 0.15) is 65.9 Å². The SMILES string of the molecule is COCC(=O)N1CCC(c2cccc3cc(-c4[nH][n+]5cc(C(=O)N6CC7CCC6[C@@H]7N)ccc5c4C)n(CC4CC4)c23)CC1. The average Bonchev–Trinajstić information content (AvgIpc) is 3.44. The maximum absolute atomic E-state index is 13.6. The van der Waals surface area contributed by atoms with Crippen LogP contribution in [0, 0.1) is 18.8 Å². The molecule has 2 unspecified atom stereocenters. The number of H-pyrrole nitrogens is 1. The van der Waals surface area contributed by atoms with E-state index in [-0.39, 0.29) is 30.5 Å². The highest BCUT2D eigenvalue weighted by atomic mass is 16.5. The molecule has 8 rings (SSSR count). The molecule has 0 spiro atoms. The number of hydrogen-bond acceptors (Lipinski definition) is 4. The highest BCUT2D eigenvalue weighted by Gasteiger charge is 2.47. The largest absolute Gasteiger partial charge is 0.375 e. The molecule has 1 aromatic carbocycles. The van der Waals surface area contributed by atoms with Gasteiger partial charge in [-0.15, -0.1) is 0 Å². The van der Waals surface area contributed by atoms with E-state index >= 15 is 0 Å². The van der Waals surface area contributed by atoms with Crippen LogP contribution in [0.15, 0.2) is 42.6 Å². The molecule has 4 aliphatic rings. The van der Waals surface area contributed by atoms with Crippen molar-refractivity contribution < 1.29 is 18.8 Å². The number of rotatable bonds is 7. The summed E-state index contributed by atoms with van der Waals surface area (Å²) in [4.78, 5) is 30.0. The molecule has 3 atom stereocenters. The maximum Gasteiger partial charge on any atom is 0.260 e. The van der Waals surface area contributed by atoms with Crippen molar-refractivity contribution in [3.05, 3.63) is 59.3 Å². The first kappa shape index (κ1) is 27.8. The molecule has 2 amide bonds. The number of aryl methyl sites for hydroxylation is 1. The van der Waals surface area contributed by atoms with Crippen LogP contribution in [0.4, 0.5) is 0 Å². The van der Waals surface area contributed by atoms with Crippen LogP contribution in [0.2, 0.25) is 0 Å². The van der Waals surface area contributed by atoms with Crippen molar-refractivity contribution in [2.45, 2.75) is 70.0 Å². The first-order chi connectivity index (χ1) is 21.4. The van der Waals surface area contributed by atoms with E-state index in [4.69, 9.17) is 10.5 Å². The third-order valence-electron chi connectivity index (χ3n) is 11.0. The van der Waals surface area contributed by atoms with E-state index in [2.05, 4.69) is 46.9 Å². The number of likely N-dealkylation sites (tertiary alicyclic amines) is 2. The second kappa shape index (κ2) is 10.7. The van der Waals surface area contributed by atoms with Crippen molar-refractivity contribution in [3.63, 3.8) is 0 Å². The summed E-state index contributed by atoms with van der Waals surface area (Å²) < 4.78 is 9.67. The van der Waals surface area contributed by atoms with Gasteiger partial charge < -0.3 is 24.8 Å². The number of nitrogens with zero attached hydrogens (tertiary/aromatic N) is 4. The molecule has 44 heavy (non-hydrogen) atoms. The van der Waals surface area contributed by atoms with Crippen LogP contribution in [0.3, 0.4) is 0 Å². The quantitative estimate of drug-likeness (QED) is 0.316. The van der Waals surface area contributed by atoms with Gasteiger partial charge in [-0.2, -0.15) is 5.10 Å². The first-order valence-corrected chi connectivity index (χ1v) is 16.4. The van der Waals surface area contributed by atoms with Gasteiger partial charge in [-0.1, -0.05) is 22.7 Å².